The van der Waals surface area contributed by atoms with Gasteiger partial charge in [-0.05, 0) is 47.2 Å². The Kier molecular flexibility index (Phi) is 8.75. The zero-order chi connectivity index (χ0) is 24.5. The predicted molar refractivity (Wildman–Crippen MR) is 131 cm³/mol. The molecule has 9 nitrogen and oxygen atoms in total. The maximum absolute atomic E-state index is 13.3. The first-order valence-corrected chi connectivity index (χ1v) is 11.4. The molecular formula is C25H31N5O4. The van der Waals surface area contributed by atoms with Gasteiger partial charge >= 0.3 is 5.97 Å². The molecule has 1 unspecified atom stereocenters. The van der Waals surface area contributed by atoms with Crippen LogP contribution in [0.2, 0.25) is 0 Å². The van der Waals surface area contributed by atoms with Crippen LogP contribution in [-0.4, -0.2) is 52.9 Å². The summed E-state index contributed by atoms with van der Waals surface area (Å²) in [4.78, 5) is 26.0. The minimum atomic E-state index is -0.868. The Hall–Kier alpha value is -3.72. The summed E-state index contributed by atoms with van der Waals surface area (Å²) in [5.74, 6) is 4.38. The summed E-state index contributed by atoms with van der Waals surface area (Å²) in [6.07, 6.45) is 3.02. The zero-order valence-corrected chi connectivity index (χ0v) is 19.3. The largest absolute Gasteiger partial charge is 0.481 e. The molecule has 34 heavy (non-hydrogen) atoms. The van der Waals surface area contributed by atoms with E-state index >= 15 is 0 Å². The highest BCUT2D eigenvalue weighted by Gasteiger charge is 2.24. The van der Waals surface area contributed by atoms with Crippen molar-refractivity contribution < 1.29 is 19.8 Å². The monoisotopic (exact) mass is 465 g/mol. The molecule has 0 aliphatic carbocycles. The van der Waals surface area contributed by atoms with Crippen molar-refractivity contribution >= 4 is 23.6 Å². The van der Waals surface area contributed by atoms with E-state index in [1.54, 1.807) is 17.0 Å². The number of carbonyl (C=O) groups is 2. The van der Waals surface area contributed by atoms with Gasteiger partial charge in [0.25, 0.3) is 0 Å². The smallest absolute Gasteiger partial charge is 0.307 e. The van der Waals surface area contributed by atoms with Crippen LogP contribution in [0.4, 0.5) is 5.69 Å². The highest BCUT2D eigenvalue weighted by atomic mass is 16.4. The Bertz CT molecular complexity index is 1070. The second-order valence-corrected chi connectivity index (χ2v) is 8.20. The van der Waals surface area contributed by atoms with Crippen LogP contribution in [-0.2, 0) is 16.0 Å². The number of rotatable bonds is 10. The first-order chi connectivity index (χ1) is 16.4. The lowest BCUT2D eigenvalue weighted by Crippen LogP contribution is -2.35. The summed E-state index contributed by atoms with van der Waals surface area (Å²) >= 11 is 0. The van der Waals surface area contributed by atoms with Gasteiger partial charge in [0.1, 0.15) is 6.17 Å². The lowest BCUT2D eigenvalue weighted by molar-refractivity contribution is -0.136. The first kappa shape index (κ1) is 24.9. The van der Waals surface area contributed by atoms with Crippen LogP contribution in [0.5, 0.6) is 0 Å². The molecule has 1 heterocycles. The number of carboxylic acid groups (broad SMARTS) is 1. The molecule has 0 saturated heterocycles. The maximum Gasteiger partial charge on any atom is 0.307 e. The molecule has 0 radical (unpaired) electrons. The number of anilines is 1. The van der Waals surface area contributed by atoms with Gasteiger partial charge in [-0.25, -0.2) is 0 Å². The Morgan fingerprint density at radius 2 is 1.88 bits per heavy atom. The summed E-state index contributed by atoms with van der Waals surface area (Å²) in [6.45, 7) is 3.14. The van der Waals surface area contributed by atoms with Crippen LogP contribution in [0, 0.1) is 0 Å². The number of aliphatic hydroxyl groups excluding tert-OH is 1. The molecule has 5 N–H and O–H groups in total. The number of aliphatic carboxylic acids is 1. The molecule has 1 amide bonds. The van der Waals surface area contributed by atoms with Gasteiger partial charge in [0, 0.05) is 37.4 Å². The third kappa shape index (κ3) is 6.41. The Balaban J connectivity index is 1.93. The zero-order valence-electron chi connectivity index (χ0n) is 19.3. The molecule has 0 bridgehead atoms. The summed E-state index contributed by atoms with van der Waals surface area (Å²) in [7, 11) is 0. The van der Waals surface area contributed by atoms with E-state index in [-0.39, 0.29) is 18.9 Å². The Morgan fingerprint density at radius 1 is 1.15 bits per heavy atom. The molecular weight excluding hydrogens is 434 g/mol. The molecule has 2 aromatic carbocycles. The molecule has 0 fully saturated rings. The van der Waals surface area contributed by atoms with Crippen molar-refractivity contribution in [3.05, 3.63) is 59.2 Å². The van der Waals surface area contributed by atoms with Crippen molar-refractivity contribution in [2.75, 3.05) is 25.0 Å². The Morgan fingerprint density at radius 3 is 2.53 bits per heavy atom. The standard InChI is InChI=1S/C25H31N5O4/c1-2-10-30(11-3-12-31)25(34)21-14-20-9-8-19(15-22(20)27-23(16-21)28-29-26)18-6-4-17(5-7-18)13-24(32)33/h4-9,14-15,23,27,31H,2-3,10-13,16H2,1H3,(H2,26,28)(H,32,33). The highest BCUT2D eigenvalue weighted by Crippen LogP contribution is 2.32. The topological polar surface area (TPSA) is 141 Å². The number of fused-ring (bicyclic) bond motifs is 1. The normalized spacial score (nSPS) is 15.2. The molecule has 0 saturated carbocycles. The van der Waals surface area contributed by atoms with Crippen molar-refractivity contribution in [3.63, 3.8) is 0 Å². The van der Waals surface area contributed by atoms with Crippen molar-refractivity contribution in [1.29, 1.82) is 0 Å². The van der Waals surface area contributed by atoms with Crippen molar-refractivity contribution in [1.82, 2.24) is 4.90 Å². The summed E-state index contributed by atoms with van der Waals surface area (Å²) in [6, 6.07) is 13.3. The fraction of sp³-hybridized carbons (Fsp3) is 0.360. The number of carbonyl (C=O) groups excluding carboxylic acids is 1. The minimum Gasteiger partial charge on any atom is -0.481 e. The number of nitrogens with two attached hydrogens (primary N) is 1. The SMILES string of the molecule is CCCN(CCCO)C(=O)C1=Cc2ccc(-c3ccc(CC(=O)O)cc3)cc2NC(N=NN)C1. The minimum absolute atomic E-state index is 0.0211. The molecule has 1 aliphatic rings. The number of nitrogens with zero attached hydrogens (tertiary/aromatic N) is 3. The van der Waals surface area contributed by atoms with Crippen molar-refractivity contribution in [3.8, 4) is 11.1 Å². The summed E-state index contributed by atoms with van der Waals surface area (Å²) in [5, 5.41) is 29.0. The summed E-state index contributed by atoms with van der Waals surface area (Å²) < 4.78 is 0. The molecule has 0 spiro atoms. The van der Waals surface area contributed by atoms with Crippen molar-refractivity contribution in [2.24, 2.45) is 16.2 Å². The van der Waals surface area contributed by atoms with Gasteiger partial charge in [-0.3, -0.25) is 9.59 Å². The van der Waals surface area contributed by atoms with E-state index in [2.05, 4.69) is 15.7 Å². The molecule has 1 aliphatic heterocycles. The van der Waals surface area contributed by atoms with E-state index < -0.39 is 12.1 Å². The first-order valence-electron chi connectivity index (χ1n) is 11.4. The number of carboxylic acids is 1. The number of nitrogens with one attached hydrogen (secondary N) is 1. The second kappa shape index (κ2) is 11.9. The molecule has 0 aromatic heterocycles. The van der Waals surface area contributed by atoms with Gasteiger partial charge in [0.05, 0.1) is 6.42 Å². The number of aliphatic hydroxyl groups is 1. The van der Waals surface area contributed by atoms with Gasteiger partial charge < -0.3 is 26.3 Å². The quantitative estimate of drug-likeness (QED) is 0.241. The highest BCUT2D eigenvalue weighted by molar-refractivity contribution is 5.99. The van der Waals surface area contributed by atoms with E-state index in [0.717, 1.165) is 34.4 Å². The molecule has 180 valence electrons. The van der Waals surface area contributed by atoms with Crippen LogP contribution in [0.15, 0.2) is 58.4 Å². The molecule has 1 atom stereocenters. The van der Waals surface area contributed by atoms with Gasteiger partial charge in [0.2, 0.25) is 5.91 Å². The number of hydrogen-bond acceptors (Lipinski definition) is 6. The average Bonchev–Trinajstić information content (AvgIpc) is 3.00. The van der Waals surface area contributed by atoms with Gasteiger partial charge in [0.15, 0.2) is 0 Å². The molecule has 2 aromatic rings. The predicted octanol–water partition coefficient (Wildman–Crippen LogP) is 3.45. The fourth-order valence-corrected chi connectivity index (χ4v) is 4.01. The van der Waals surface area contributed by atoms with Crippen LogP contribution in [0.3, 0.4) is 0 Å². The van der Waals surface area contributed by atoms with Crippen LogP contribution < -0.4 is 11.2 Å². The van der Waals surface area contributed by atoms with Gasteiger partial charge in [-0.15, -0.1) is 5.11 Å². The molecule has 3 rings (SSSR count). The number of hydrogen-bond donors (Lipinski definition) is 4. The lowest BCUT2D eigenvalue weighted by Gasteiger charge is -2.23. The van der Waals surface area contributed by atoms with E-state index in [1.165, 1.54) is 0 Å². The Labute approximate surface area is 199 Å². The van der Waals surface area contributed by atoms with E-state index in [1.807, 2.05) is 43.3 Å². The van der Waals surface area contributed by atoms with Gasteiger partial charge in [-0.2, -0.15) is 0 Å². The van der Waals surface area contributed by atoms with E-state index in [4.69, 9.17) is 10.9 Å². The van der Waals surface area contributed by atoms with E-state index in [9.17, 15) is 14.7 Å². The number of benzene rings is 2. The van der Waals surface area contributed by atoms with Crippen LogP contribution >= 0.6 is 0 Å². The van der Waals surface area contributed by atoms with Crippen LogP contribution in [0.1, 0.15) is 37.3 Å². The van der Waals surface area contributed by atoms with Crippen LogP contribution in [0.25, 0.3) is 17.2 Å². The lowest BCUT2D eigenvalue weighted by atomic mass is 9.99. The van der Waals surface area contributed by atoms with Gasteiger partial charge in [-0.1, -0.05) is 48.5 Å². The molecule has 9 heteroatoms. The van der Waals surface area contributed by atoms with Crippen molar-refractivity contribution in [2.45, 2.75) is 38.8 Å². The summed E-state index contributed by atoms with van der Waals surface area (Å²) in [5.41, 5.74) is 4.86. The number of amides is 1. The third-order valence-corrected chi connectivity index (χ3v) is 5.61. The van der Waals surface area contributed by atoms with E-state index in [0.29, 0.717) is 31.5 Å². The maximum atomic E-state index is 13.3. The average molecular weight is 466 g/mol. The fourth-order valence-electron chi connectivity index (χ4n) is 4.01. The third-order valence-electron chi connectivity index (χ3n) is 5.61. The second-order valence-electron chi connectivity index (χ2n) is 8.20.